The average Bonchev–Trinajstić information content (AvgIpc) is 3.01. The van der Waals surface area contributed by atoms with E-state index < -0.39 is 11.9 Å². The van der Waals surface area contributed by atoms with Gasteiger partial charge in [-0.15, -0.1) is 0 Å². The SMILES string of the molecule is CCCCCCn1cc(N2C[C@@H](C(=O)O)CC2=O)cn1. The van der Waals surface area contributed by atoms with Crippen LogP contribution in [0.2, 0.25) is 0 Å². The van der Waals surface area contributed by atoms with E-state index in [0.29, 0.717) is 5.69 Å². The third kappa shape index (κ3) is 3.37. The van der Waals surface area contributed by atoms with E-state index in [1.54, 1.807) is 6.20 Å². The fraction of sp³-hybridized carbons (Fsp3) is 0.643. The molecule has 0 radical (unpaired) electrons. The molecule has 0 aromatic carbocycles. The number of aromatic nitrogens is 2. The first kappa shape index (κ1) is 14.6. The van der Waals surface area contributed by atoms with E-state index >= 15 is 0 Å². The number of carbonyl (C=O) groups excluding carboxylic acids is 1. The van der Waals surface area contributed by atoms with Crippen LogP contribution >= 0.6 is 0 Å². The van der Waals surface area contributed by atoms with Gasteiger partial charge in [-0.05, 0) is 6.42 Å². The lowest BCUT2D eigenvalue weighted by molar-refractivity contribution is -0.141. The summed E-state index contributed by atoms with van der Waals surface area (Å²) < 4.78 is 1.83. The van der Waals surface area contributed by atoms with Gasteiger partial charge in [-0.1, -0.05) is 26.2 Å². The van der Waals surface area contributed by atoms with E-state index in [-0.39, 0.29) is 18.9 Å². The number of anilines is 1. The highest BCUT2D eigenvalue weighted by Crippen LogP contribution is 2.24. The minimum atomic E-state index is -0.909. The fourth-order valence-electron chi connectivity index (χ4n) is 2.44. The fourth-order valence-corrected chi connectivity index (χ4v) is 2.44. The average molecular weight is 279 g/mol. The number of hydrogen-bond donors (Lipinski definition) is 1. The van der Waals surface area contributed by atoms with Crippen molar-refractivity contribution in [1.29, 1.82) is 0 Å². The van der Waals surface area contributed by atoms with Gasteiger partial charge in [-0.25, -0.2) is 0 Å². The van der Waals surface area contributed by atoms with E-state index in [9.17, 15) is 9.59 Å². The van der Waals surface area contributed by atoms with Crippen LogP contribution in [0.4, 0.5) is 5.69 Å². The topological polar surface area (TPSA) is 75.4 Å². The van der Waals surface area contributed by atoms with Crippen molar-refractivity contribution in [2.45, 2.75) is 45.6 Å². The van der Waals surface area contributed by atoms with Crippen molar-refractivity contribution in [3.05, 3.63) is 12.4 Å². The summed E-state index contributed by atoms with van der Waals surface area (Å²) in [5, 5.41) is 13.2. The molecule has 1 aliphatic rings. The molecule has 1 aromatic heterocycles. The molecule has 1 N–H and O–H groups in total. The number of nitrogens with zero attached hydrogens (tertiary/aromatic N) is 3. The molecule has 1 aliphatic heterocycles. The van der Waals surface area contributed by atoms with Crippen LogP contribution in [0.15, 0.2) is 12.4 Å². The molecule has 1 amide bonds. The molecule has 1 saturated heterocycles. The molecule has 0 saturated carbocycles. The van der Waals surface area contributed by atoms with Crippen molar-refractivity contribution in [3.63, 3.8) is 0 Å². The molecule has 1 aromatic rings. The first-order chi connectivity index (χ1) is 9.61. The molecule has 0 unspecified atom stereocenters. The summed E-state index contributed by atoms with van der Waals surface area (Å²) in [5.74, 6) is -1.65. The number of carboxylic acid groups (broad SMARTS) is 1. The first-order valence-electron chi connectivity index (χ1n) is 7.17. The summed E-state index contributed by atoms with van der Waals surface area (Å²) in [7, 11) is 0. The lowest BCUT2D eigenvalue weighted by atomic mass is 10.1. The third-order valence-corrected chi connectivity index (χ3v) is 3.65. The molecule has 110 valence electrons. The zero-order valence-corrected chi connectivity index (χ0v) is 11.8. The molecule has 0 aliphatic carbocycles. The predicted molar refractivity (Wildman–Crippen MR) is 74.5 cm³/mol. The number of carbonyl (C=O) groups is 2. The summed E-state index contributed by atoms with van der Waals surface area (Å²) in [4.78, 5) is 24.3. The highest BCUT2D eigenvalue weighted by Gasteiger charge is 2.35. The Labute approximate surface area is 118 Å². The smallest absolute Gasteiger partial charge is 0.308 e. The van der Waals surface area contributed by atoms with E-state index in [4.69, 9.17) is 5.11 Å². The van der Waals surface area contributed by atoms with Crippen LogP contribution in [0.25, 0.3) is 0 Å². The van der Waals surface area contributed by atoms with Gasteiger partial charge in [-0.2, -0.15) is 5.10 Å². The lowest BCUT2D eigenvalue weighted by Gasteiger charge is -2.12. The highest BCUT2D eigenvalue weighted by molar-refractivity contribution is 5.98. The molecule has 20 heavy (non-hydrogen) atoms. The van der Waals surface area contributed by atoms with Crippen LogP contribution in [-0.4, -0.2) is 33.3 Å². The van der Waals surface area contributed by atoms with Crippen LogP contribution in [0.5, 0.6) is 0 Å². The molecule has 1 atom stereocenters. The van der Waals surface area contributed by atoms with E-state index in [1.165, 1.54) is 24.2 Å². The molecule has 6 nitrogen and oxygen atoms in total. The number of carboxylic acids is 1. The van der Waals surface area contributed by atoms with Gasteiger partial charge >= 0.3 is 5.97 Å². The maximum Gasteiger partial charge on any atom is 0.308 e. The van der Waals surface area contributed by atoms with Crippen LogP contribution < -0.4 is 4.90 Å². The Morgan fingerprint density at radius 3 is 2.90 bits per heavy atom. The predicted octanol–water partition coefficient (Wildman–Crippen LogP) is 1.90. The Bertz CT molecular complexity index is 484. The summed E-state index contributed by atoms with van der Waals surface area (Å²) in [5.41, 5.74) is 0.703. The minimum absolute atomic E-state index is 0.0804. The number of hydrogen-bond acceptors (Lipinski definition) is 3. The highest BCUT2D eigenvalue weighted by atomic mass is 16.4. The molecular weight excluding hydrogens is 258 g/mol. The zero-order valence-electron chi connectivity index (χ0n) is 11.8. The largest absolute Gasteiger partial charge is 0.481 e. The van der Waals surface area contributed by atoms with E-state index in [0.717, 1.165) is 13.0 Å². The van der Waals surface area contributed by atoms with Gasteiger partial charge in [0.15, 0.2) is 0 Å². The number of aliphatic carboxylic acids is 1. The van der Waals surface area contributed by atoms with Crippen molar-refractivity contribution in [1.82, 2.24) is 9.78 Å². The van der Waals surface area contributed by atoms with Crippen LogP contribution in [0.3, 0.4) is 0 Å². The first-order valence-corrected chi connectivity index (χ1v) is 7.17. The van der Waals surface area contributed by atoms with Crippen LogP contribution in [0, 0.1) is 5.92 Å². The van der Waals surface area contributed by atoms with E-state index in [2.05, 4.69) is 12.0 Å². The maximum atomic E-state index is 11.8. The van der Waals surface area contributed by atoms with Gasteiger partial charge in [0.1, 0.15) is 0 Å². The molecule has 2 heterocycles. The summed E-state index contributed by atoms with van der Waals surface area (Å²) in [6, 6.07) is 0. The number of amides is 1. The lowest BCUT2D eigenvalue weighted by Crippen LogP contribution is -2.25. The van der Waals surface area contributed by atoms with Gasteiger partial charge in [0.25, 0.3) is 0 Å². The van der Waals surface area contributed by atoms with Crippen molar-refractivity contribution < 1.29 is 14.7 Å². The number of unbranched alkanes of at least 4 members (excludes halogenated alkanes) is 3. The van der Waals surface area contributed by atoms with Gasteiger partial charge in [0, 0.05) is 25.7 Å². The molecule has 1 fully saturated rings. The Hall–Kier alpha value is -1.85. The molecule has 2 rings (SSSR count). The minimum Gasteiger partial charge on any atom is -0.481 e. The Morgan fingerprint density at radius 1 is 1.45 bits per heavy atom. The quantitative estimate of drug-likeness (QED) is 0.773. The van der Waals surface area contributed by atoms with Crippen molar-refractivity contribution in [2.75, 3.05) is 11.4 Å². The second kappa shape index (κ2) is 6.54. The summed E-state index contributed by atoms with van der Waals surface area (Å²) in [6.07, 6.45) is 8.21. The maximum absolute atomic E-state index is 11.8. The summed E-state index contributed by atoms with van der Waals surface area (Å²) >= 11 is 0. The second-order valence-corrected chi connectivity index (χ2v) is 5.27. The Kier molecular flexibility index (Phi) is 4.76. The molecule has 0 spiro atoms. The number of rotatable bonds is 7. The summed E-state index contributed by atoms with van der Waals surface area (Å²) in [6.45, 7) is 3.25. The van der Waals surface area contributed by atoms with Gasteiger partial charge in [-0.3, -0.25) is 14.3 Å². The van der Waals surface area contributed by atoms with Crippen LogP contribution in [0.1, 0.15) is 39.0 Å². The van der Waals surface area contributed by atoms with Crippen molar-refractivity contribution >= 4 is 17.6 Å². The van der Waals surface area contributed by atoms with Gasteiger partial charge < -0.3 is 10.0 Å². The standard InChI is InChI=1S/C14H21N3O3/c1-2-3-4-5-6-16-10-12(8-15-16)17-9-11(14(19)20)7-13(17)18/h8,10-11H,2-7,9H2,1H3,(H,19,20)/t11-/m0/s1. The zero-order chi connectivity index (χ0) is 14.5. The molecule has 0 bridgehead atoms. The van der Waals surface area contributed by atoms with Gasteiger partial charge in [0.05, 0.1) is 17.8 Å². The number of aryl methyl sites for hydroxylation is 1. The molecular formula is C14H21N3O3. The van der Waals surface area contributed by atoms with Crippen LogP contribution in [-0.2, 0) is 16.1 Å². The van der Waals surface area contributed by atoms with E-state index in [1.807, 2.05) is 10.9 Å². The Balaban J connectivity index is 1.92. The van der Waals surface area contributed by atoms with Crippen molar-refractivity contribution in [3.8, 4) is 0 Å². The Morgan fingerprint density at radius 2 is 2.25 bits per heavy atom. The molecule has 6 heteroatoms. The van der Waals surface area contributed by atoms with Gasteiger partial charge in [0.2, 0.25) is 5.91 Å². The van der Waals surface area contributed by atoms with Crippen molar-refractivity contribution in [2.24, 2.45) is 5.92 Å². The monoisotopic (exact) mass is 279 g/mol. The normalized spacial score (nSPS) is 18.8. The second-order valence-electron chi connectivity index (χ2n) is 5.27. The third-order valence-electron chi connectivity index (χ3n) is 3.65.